The molecule has 0 saturated carbocycles. The highest BCUT2D eigenvalue weighted by Gasteiger charge is 2.32. The Kier molecular flexibility index (Phi) is 7.94. The molecule has 0 fully saturated rings. The first-order chi connectivity index (χ1) is 12.7. The standard InChI is InChI=1S/C18H29N3O6S/c1-10(26-17(2,3)4)12(20-16(24)27-18(5,6)7)13(22)21-15-19-11(9-28-15)14(23)25-8/h9-10,12H,1-8H3,(H,20,24)(H,19,21,22)/t10-,12+/m1/s1. The molecular weight excluding hydrogens is 386 g/mol. The maximum absolute atomic E-state index is 12.8. The van der Waals surface area contributed by atoms with Crippen LogP contribution in [0, 0.1) is 0 Å². The topological polar surface area (TPSA) is 116 Å². The third kappa shape index (κ3) is 8.22. The highest BCUT2D eigenvalue weighted by atomic mass is 32.1. The Bertz CT molecular complexity index is 705. The van der Waals surface area contributed by atoms with Gasteiger partial charge in [-0.3, -0.25) is 4.79 Å². The minimum atomic E-state index is -1.04. The fraction of sp³-hybridized carbons (Fsp3) is 0.667. The monoisotopic (exact) mass is 415 g/mol. The summed E-state index contributed by atoms with van der Waals surface area (Å²) in [6.07, 6.45) is -1.40. The molecule has 0 aromatic carbocycles. The molecular formula is C18H29N3O6S. The van der Waals surface area contributed by atoms with Crippen LogP contribution >= 0.6 is 11.3 Å². The van der Waals surface area contributed by atoms with Crippen molar-refractivity contribution in [1.82, 2.24) is 10.3 Å². The van der Waals surface area contributed by atoms with E-state index >= 15 is 0 Å². The summed E-state index contributed by atoms with van der Waals surface area (Å²) in [5.41, 5.74) is -1.17. The summed E-state index contributed by atoms with van der Waals surface area (Å²) in [6, 6.07) is -1.04. The van der Waals surface area contributed by atoms with Crippen LogP contribution in [0.25, 0.3) is 0 Å². The molecule has 0 radical (unpaired) electrons. The van der Waals surface area contributed by atoms with E-state index in [1.54, 1.807) is 27.7 Å². The van der Waals surface area contributed by atoms with Crippen molar-refractivity contribution in [2.24, 2.45) is 0 Å². The van der Waals surface area contributed by atoms with Gasteiger partial charge in [-0.25, -0.2) is 14.6 Å². The highest BCUT2D eigenvalue weighted by molar-refractivity contribution is 7.14. The van der Waals surface area contributed by atoms with Crippen molar-refractivity contribution in [2.75, 3.05) is 12.4 Å². The first-order valence-corrected chi connectivity index (χ1v) is 9.62. The predicted molar refractivity (Wildman–Crippen MR) is 106 cm³/mol. The fourth-order valence-electron chi connectivity index (χ4n) is 2.17. The Balaban J connectivity index is 2.95. The molecule has 0 spiro atoms. The molecule has 1 aromatic rings. The van der Waals surface area contributed by atoms with E-state index in [9.17, 15) is 14.4 Å². The quantitative estimate of drug-likeness (QED) is 0.686. The number of hydrogen-bond acceptors (Lipinski definition) is 8. The lowest BCUT2D eigenvalue weighted by molar-refractivity contribution is -0.126. The van der Waals surface area contributed by atoms with Gasteiger partial charge in [0.25, 0.3) is 5.91 Å². The van der Waals surface area contributed by atoms with Crippen LogP contribution in [0.2, 0.25) is 0 Å². The van der Waals surface area contributed by atoms with Crippen molar-refractivity contribution in [3.05, 3.63) is 11.1 Å². The number of rotatable bonds is 6. The number of aromatic nitrogens is 1. The molecule has 0 aliphatic heterocycles. The van der Waals surface area contributed by atoms with Crippen LogP contribution in [-0.4, -0.2) is 53.4 Å². The van der Waals surface area contributed by atoms with E-state index in [2.05, 4.69) is 20.4 Å². The molecule has 0 unspecified atom stereocenters. The van der Waals surface area contributed by atoms with E-state index in [-0.39, 0.29) is 10.8 Å². The lowest BCUT2D eigenvalue weighted by Crippen LogP contribution is -2.53. The Morgan fingerprint density at radius 3 is 2.21 bits per heavy atom. The summed E-state index contributed by atoms with van der Waals surface area (Å²) in [5.74, 6) is -1.15. The summed E-state index contributed by atoms with van der Waals surface area (Å²) in [4.78, 5) is 40.5. The van der Waals surface area contributed by atoms with Crippen LogP contribution in [0.4, 0.5) is 9.93 Å². The average molecular weight is 416 g/mol. The zero-order valence-electron chi connectivity index (χ0n) is 17.5. The number of nitrogens with zero attached hydrogens (tertiary/aromatic N) is 1. The van der Waals surface area contributed by atoms with Gasteiger partial charge < -0.3 is 24.8 Å². The Morgan fingerprint density at radius 2 is 1.71 bits per heavy atom. The molecule has 1 heterocycles. The van der Waals surface area contributed by atoms with Crippen molar-refractivity contribution >= 4 is 34.4 Å². The van der Waals surface area contributed by atoms with E-state index in [1.165, 1.54) is 12.5 Å². The molecule has 0 saturated heterocycles. The van der Waals surface area contributed by atoms with Gasteiger partial charge in [-0.1, -0.05) is 0 Å². The molecule has 28 heavy (non-hydrogen) atoms. The first-order valence-electron chi connectivity index (χ1n) is 8.74. The number of thiazole rings is 1. The molecule has 0 bridgehead atoms. The van der Waals surface area contributed by atoms with Crippen molar-refractivity contribution in [3.8, 4) is 0 Å². The van der Waals surface area contributed by atoms with Gasteiger partial charge in [-0.05, 0) is 48.5 Å². The largest absolute Gasteiger partial charge is 0.464 e. The number of esters is 1. The van der Waals surface area contributed by atoms with Gasteiger partial charge >= 0.3 is 12.1 Å². The third-order valence-electron chi connectivity index (χ3n) is 3.09. The van der Waals surface area contributed by atoms with E-state index in [0.29, 0.717) is 0 Å². The van der Waals surface area contributed by atoms with Gasteiger partial charge in [0.05, 0.1) is 18.8 Å². The maximum Gasteiger partial charge on any atom is 0.408 e. The highest BCUT2D eigenvalue weighted by Crippen LogP contribution is 2.19. The molecule has 2 N–H and O–H groups in total. The number of amides is 2. The number of alkyl carbamates (subject to hydrolysis) is 1. The number of methoxy groups -OCH3 is 1. The van der Waals surface area contributed by atoms with Gasteiger partial charge in [0, 0.05) is 5.38 Å². The molecule has 10 heteroatoms. The van der Waals surface area contributed by atoms with Crippen molar-refractivity contribution in [1.29, 1.82) is 0 Å². The van der Waals surface area contributed by atoms with Crippen LogP contribution in [0.15, 0.2) is 5.38 Å². The van der Waals surface area contributed by atoms with E-state index in [4.69, 9.17) is 9.47 Å². The Labute approximate surface area is 169 Å². The van der Waals surface area contributed by atoms with Gasteiger partial charge in [0.2, 0.25) is 0 Å². The van der Waals surface area contributed by atoms with Crippen molar-refractivity contribution in [3.63, 3.8) is 0 Å². The number of hydrogen-bond donors (Lipinski definition) is 2. The van der Waals surface area contributed by atoms with E-state index in [0.717, 1.165) is 11.3 Å². The minimum Gasteiger partial charge on any atom is -0.464 e. The zero-order valence-corrected chi connectivity index (χ0v) is 18.4. The first kappa shape index (κ1) is 23.8. The number of anilines is 1. The van der Waals surface area contributed by atoms with Gasteiger partial charge in [-0.2, -0.15) is 0 Å². The minimum absolute atomic E-state index is 0.0819. The van der Waals surface area contributed by atoms with Crippen molar-refractivity contribution in [2.45, 2.75) is 71.8 Å². The van der Waals surface area contributed by atoms with Crippen LogP contribution in [-0.2, 0) is 19.0 Å². The second kappa shape index (κ2) is 9.33. The molecule has 158 valence electrons. The van der Waals surface area contributed by atoms with E-state index < -0.39 is 41.3 Å². The summed E-state index contributed by atoms with van der Waals surface area (Å²) in [5, 5.41) is 6.79. The van der Waals surface area contributed by atoms with Crippen LogP contribution in [0.5, 0.6) is 0 Å². The molecule has 0 aliphatic carbocycles. The van der Waals surface area contributed by atoms with Crippen LogP contribution < -0.4 is 10.6 Å². The molecule has 2 amide bonds. The van der Waals surface area contributed by atoms with Crippen LogP contribution in [0.1, 0.15) is 59.0 Å². The zero-order chi connectivity index (χ0) is 21.7. The normalized spacial score (nSPS) is 14.0. The molecule has 0 aliphatic rings. The van der Waals surface area contributed by atoms with Gasteiger partial charge in [-0.15, -0.1) is 11.3 Å². The number of nitrogens with one attached hydrogen (secondary N) is 2. The summed E-state index contributed by atoms with van der Waals surface area (Å²) in [7, 11) is 1.24. The maximum atomic E-state index is 12.8. The second-order valence-corrected chi connectivity index (χ2v) is 8.94. The Morgan fingerprint density at radius 1 is 1.11 bits per heavy atom. The lowest BCUT2D eigenvalue weighted by atomic mass is 10.1. The Hall–Kier alpha value is -2.20. The van der Waals surface area contributed by atoms with Gasteiger partial charge in [0.15, 0.2) is 10.8 Å². The molecule has 9 nitrogen and oxygen atoms in total. The van der Waals surface area contributed by atoms with Crippen LogP contribution in [0.3, 0.4) is 0 Å². The van der Waals surface area contributed by atoms with Crippen molar-refractivity contribution < 1.29 is 28.6 Å². The SMILES string of the molecule is COC(=O)c1csc(NC(=O)[C@@H](NC(=O)OC(C)(C)C)[C@@H](C)OC(C)(C)C)n1. The molecule has 1 rings (SSSR count). The average Bonchev–Trinajstić information content (AvgIpc) is 2.96. The molecule has 1 aromatic heterocycles. The second-order valence-electron chi connectivity index (χ2n) is 8.08. The summed E-state index contributed by atoms with van der Waals surface area (Å²) < 4.78 is 15.7. The number of carbonyl (C=O) groups excluding carboxylic acids is 3. The predicted octanol–water partition coefficient (Wildman–Crippen LogP) is 2.97. The third-order valence-corrected chi connectivity index (χ3v) is 3.85. The van der Waals surface area contributed by atoms with E-state index in [1.807, 2.05) is 20.8 Å². The fourth-order valence-corrected chi connectivity index (χ4v) is 2.85. The number of carbonyl (C=O) groups is 3. The molecule has 2 atom stereocenters. The smallest absolute Gasteiger partial charge is 0.408 e. The summed E-state index contributed by atoms with van der Waals surface area (Å²) >= 11 is 1.06. The summed E-state index contributed by atoms with van der Waals surface area (Å²) in [6.45, 7) is 12.4. The van der Waals surface area contributed by atoms with Gasteiger partial charge in [0.1, 0.15) is 11.6 Å². The number of ether oxygens (including phenoxy) is 3. The lowest BCUT2D eigenvalue weighted by Gasteiger charge is -2.31.